The number of rotatable bonds is 9. The van der Waals surface area contributed by atoms with Crippen molar-refractivity contribution in [1.82, 2.24) is 25.0 Å². The van der Waals surface area contributed by atoms with Gasteiger partial charge in [-0.25, -0.2) is 14.6 Å². The molecular weight excluding hydrogens is 600 g/mol. The number of halogens is 1. The Morgan fingerprint density at radius 3 is 2.80 bits per heavy atom. The molecule has 2 aliphatic rings. The Morgan fingerprint density at radius 1 is 1.39 bits per heavy atom. The van der Waals surface area contributed by atoms with Crippen molar-refractivity contribution in [2.45, 2.75) is 31.0 Å². The third-order valence-corrected chi connectivity index (χ3v) is 8.68. The Bertz CT molecular complexity index is 1670. The van der Waals surface area contributed by atoms with Gasteiger partial charge in [-0.3, -0.25) is 19.2 Å². The molecule has 3 aromatic heterocycles. The number of nitrogens with two attached hydrogens (primary N) is 1. The lowest BCUT2D eigenvalue weighted by Gasteiger charge is -2.49. The topological polar surface area (TPSA) is 206 Å². The van der Waals surface area contributed by atoms with Crippen LogP contribution in [-0.2, 0) is 37.6 Å². The van der Waals surface area contributed by atoms with Crippen LogP contribution in [0, 0.1) is 0 Å². The van der Waals surface area contributed by atoms with E-state index in [1.807, 2.05) is 16.8 Å². The highest BCUT2D eigenvalue weighted by atomic mass is 35.5. The number of nitrogen functional groups attached to an aromatic ring is 1. The molecule has 5 rings (SSSR count). The Kier molecular flexibility index (Phi) is 7.58. The van der Waals surface area contributed by atoms with Crippen LogP contribution in [0.25, 0.3) is 11.0 Å². The summed E-state index contributed by atoms with van der Waals surface area (Å²) in [6, 6.07) is 2.54. The molecule has 0 saturated carbocycles. The summed E-state index contributed by atoms with van der Waals surface area (Å²) >= 11 is 8.30. The maximum atomic E-state index is 13.2. The molecule has 41 heavy (non-hydrogen) atoms. The normalized spacial score (nSPS) is 19.5. The van der Waals surface area contributed by atoms with Crippen LogP contribution in [0.2, 0.25) is 4.34 Å². The molecule has 3 atom stereocenters. The van der Waals surface area contributed by atoms with Crippen LogP contribution >= 0.6 is 34.7 Å². The van der Waals surface area contributed by atoms with Gasteiger partial charge in [0.1, 0.15) is 27.1 Å². The predicted octanol–water partition coefficient (Wildman–Crippen LogP) is 0.186. The number of hydrogen-bond acceptors (Lipinski definition) is 11. The third kappa shape index (κ3) is 5.30. The molecule has 1 fully saturated rings. The van der Waals surface area contributed by atoms with Crippen LogP contribution in [0.15, 0.2) is 41.0 Å². The van der Waals surface area contributed by atoms with Gasteiger partial charge in [-0.2, -0.15) is 9.67 Å². The number of amides is 2. The first-order chi connectivity index (χ1) is 19.5. The number of fused-ring (bicyclic) bond motifs is 2. The van der Waals surface area contributed by atoms with Gasteiger partial charge in [-0.05, 0) is 13.0 Å². The van der Waals surface area contributed by atoms with Crippen LogP contribution in [0.3, 0.4) is 0 Å². The summed E-state index contributed by atoms with van der Waals surface area (Å²) in [7, 11) is 1.78. The minimum atomic E-state index is -1.40. The molecule has 0 aromatic carbocycles. The molecule has 5 heterocycles. The Labute approximate surface area is 244 Å². The fraction of sp³-hybridized carbons (Fsp3) is 0.304. The number of carboxylic acids is 2. The molecule has 2 amide bonds. The number of carbonyl (C=O) groups is 4. The van der Waals surface area contributed by atoms with Crippen LogP contribution in [-0.4, -0.2) is 82.6 Å². The molecule has 18 heteroatoms. The minimum absolute atomic E-state index is 0.00143. The van der Waals surface area contributed by atoms with Gasteiger partial charge < -0.3 is 26.1 Å². The number of nitrogens with zero attached hydrogens (tertiary/aromatic N) is 6. The highest BCUT2D eigenvalue weighted by Crippen LogP contribution is 2.40. The number of thiazole rings is 1. The highest BCUT2D eigenvalue weighted by molar-refractivity contribution is 8.00. The number of β-lactam (4-membered cyclic amide) rings is 1. The highest BCUT2D eigenvalue weighted by Gasteiger charge is 2.55. The fourth-order valence-corrected chi connectivity index (χ4v) is 6.61. The van der Waals surface area contributed by atoms with Gasteiger partial charge in [0.05, 0.1) is 6.20 Å². The molecule has 0 radical (unpaired) electrons. The van der Waals surface area contributed by atoms with E-state index in [4.69, 9.17) is 27.3 Å². The molecule has 0 aliphatic carbocycles. The van der Waals surface area contributed by atoms with Crippen molar-refractivity contribution in [2.24, 2.45) is 12.2 Å². The first kappa shape index (κ1) is 28.3. The zero-order valence-electron chi connectivity index (χ0n) is 21.3. The lowest BCUT2D eigenvalue weighted by atomic mass is 10.0. The van der Waals surface area contributed by atoms with Crippen molar-refractivity contribution in [3.05, 3.63) is 45.8 Å². The van der Waals surface area contributed by atoms with E-state index in [-0.39, 0.29) is 33.2 Å². The molecule has 0 spiro atoms. The number of aryl methyl sites for hydroxylation is 1. The standard InChI is InChI=1S/C23H21ClN8O7S2/c1-9(21(35)36)39-29-14(13-17(24)41-23(25)27-13)18(33)26-15-19(34)32-16(22(37)38)10(8-40-20(15)32)6-31-5-3-4-11-12(31)7-30(2)28-11/h3-5,7,9,15,20H,6,8H2,1-2H3,(H4-,25,26,27,33,35,36,37,38)/p+1/t9-,15+,20?/m0/s1. The molecule has 214 valence electrons. The predicted molar refractivity (Wildman–Crippen MR) is 147 cm³/mol. The quantitative estimate of drug-likeness (QED) is 0.110. The monoisotopic (exact) mass is 621 g/mol. The molecule has 3 aromatic rings. The summed E-state index contributed by atoms with van der Waals surface area (Å²) in [5.41, 5.74) is 6.94. The fourth-order valence-electron chi connectivity index (χ4n) is 4.34. The van der Waals surface area contributed by atoms with Gasteiger partial charge in [-0.15, -0.1) is 11.8 Å². The van der Waals surface area contributed by atoms with Gasteiger partial charge in [0.2, 0.25) is 6.10 Å². The Hall–Kier alpha value is -4.22. The summed E-state index contributed by atoms with van der Waals surface area (Å²) in [6.45, 7) is 1.42. The van der Waals surface area contributed by atoms with E-state index in [0.717, 1.165) is 27.3 Å². The van der Waals surface area contributed by atoms with E-state index < -0.39 is 47.0 Å². The molecule has 1 unspecified atom stereocenters. The second-order valence-electron chi connectivity index (χ2n) is 9.03. The van der Waals surface area contributed by atoms with Gasteiger partial charge in [0.15, 0.2) is 29.1 Å². The van der Waals surface area contributed by atoms with E-state index in [2.05, 4.69) is 20.6 Å². The number of oxime groups is 1. The summed E-state index contributed by atoms with van der Waals surface area (Å²) in [5, 5.41) is 29.0. The van der Waals surface area contributed by atoms with Crippen molar-refractivity contribution >= 4 is 80.3 Å². The van der Waals surface area contributed by atoms with Gasteiger partial charge in [-0.1, -0.05) is 28.1 Å². The number of pyridine rings is 1. The van der Waals surface area contributed by atoms with E-state index >= 15 is 0 Å². The van der Waals surface area contributed by atoms with E-state index in [0.29, 0.717) is 5.57 Å². The van der Waals surface area contributed by atoms with Crippen molar-refractivity contribution in [1.29, 1.82) is 0 Å². The van der Waals surface area contributed by atoms with Crippen LogP contribution in [0.1, 0.15) is 12.6 Å². The first-order valence-electron chi connectivity index (χ1n) is 11.9. The molecule has 15 nitrogen and oxygen atoms in total. The van der Waals surface area contributed by atoms with Gasteiger partial charge in [0, 0.05) is 24.4 Å². The largest absolute Gasteiger partial charge is 0.478 e. The summed E-state index contributed by atoms with van der Waals surface area (Å²) in [6.07, 6.45) is 2.22. The average Bonchev–Trinajstić information content (AvgIpc) is 3.47. The second-order valence-corrected chi connectivity index (χ2v) is 11.8. The maximum absolute atomic E-state index is 13.2. The minimum Gasteiger partial charge on any atom is -0.478 e. The van der Waals surface area contributed by atoms with Crippen molar-refractivity contribution in [3.63, 3.8) is 0 Å². The van der Waals surface area contributed by atoms with Gasteiger partial charge in [0.25, 0.3) is 17.3 Å². The Morgan fingerprint density at radius 2 is 2.15 bits per heavy atom. The second kappa shape index (κ2) is 11.0. The molecule has 5 N–H and O–H groups in total. The number of anilines is 1. The van der Waals surface area contributed by atoms with Crippen LogP contribution < -0.4 is 15.6 Å². The van der Waals surface area contributed by atoms with Crippen LogP contribution in [0.4, 0.5) is 5.13 Å². The first-order valence-corrected chi connectivity index (χ1v) is 14.1. The number of carbonyl (C=O) groups excluding carboxylic acids is 2. The van der Waals surface area contributed by atoms with E-state index in [1.54, 1.807) is 24.0 Å². The average molecular weight is 622 g/mol. The zero-order chi connectivity index (χ0) is 29.6. The molecular formula is C23H22ClN8O7S2+. The smallest absolute Gasteiger partial charge is 0.352 e. The van der Waals surface area contributed by atoms with Crippen molar-refractivity contribution in [2.75, 3.05) is 11.5 Å². The third-order valence-electron chi connectivity index (χ3n) is 6.26. The van der Waals surface area contributed by atoms with Crippen LogP contribution in [0.5, 0.6) is 0 Å². The SMILES string of the molecule is C[C@H](ON=C(C(=O)N[C@@H]1C(=O)N2C(C(=O)O)=C(C[n+]3cccc4nn(C)cc43)CSC12)c1nc(N)sc1Cl)C(=O)O. The maximum Gasteiger partial charge on any atom is 0.352 e. The number of hydrogen-bond donors (Lipinski definition) is 4. The molecule has 0 bridgehead atoms. The van der Waals surface area contributed by atoms with E-state index in [9.17, 15) is 24.3 Å². The number of aromatic nitrogens is 4. The number of nitrogens with one attached hydrogen (secondary N) is 1. The summed E-state index contributed by atoms with van der Waals surface area (Å²) in [4.78, 5) is 60.0. The van der Waals surface area contributed by atoms with Crippen molar-refractivity contribution < 1.29 is 38.8 Å². The van der Waals surface area contributed by atoms with E-state index in [1.165, 1.54) is 18.7 Å². The van der Waals surface area contributed by atoms with Crippen molar-refractivity contribution in [3.8, 4) is 0 Å². The zero-order valence-corrected chi connectivity index (χ0v) is 23.7. The number of aliphatic carboxylic acids is 2. The lowest BCUT2D eigenvalue weighted by Crippen LogP contribution is -2.71. The summed E-state index contributed by atoms with van der Waals surface area (Å²) < 4.78 is 3.51. The van der Waals surface area contributed by atoms with Gasteiger partial charge >= 0.3 is 11.9 Å². The molecule has 2 aliphatic heterocycles. The number of thioether (sulfide) groups is 1. The lowest BCUT2D eigenvalue weighted by molar-refractivity contribution is -0.663. The molecule has 1 saturated heterocycles. The number of carboxylic acid groups (broad SMARTS) is 2. The summed E-state index contributed by atoms with van der Waals surface area (Å²) in [5.74, 6) is -3.90. The Balaban J connectivity index is 1.39.